The normalized spacial score (nSPS) is 16.1. The van der Waals surface area contributed by atoms with E-state index >= 15 is 0 Å². The molecule has 0 radical (unpaired) electrons. The Hall–Kier alpha value is -1.30. The van der Waals surface area contributed by atoms with Crippen LogP contribution in [0.5, 0.6) is 0 Å². The molecular formula is C8H10N2O. The number of allylic oxidation sites excluding steroid dienone is 1. The van der Waals surface area contributed by atoms with Crippen LogP contribution in [-0.2, 0) is 4.79 Å². The average molecular weight is 150 g/mol. The molecule has 11 heavy (non-hydrogen) atoms. The largest absolute Gasteiger partial charge is 0.319 e. The first-order chi connectivity index (χ1) is 5.34. The standard InChI is InChI=1S/C8H10N2O/c9-5-4-8(11)10-6-2-1-3-7-10/h2,6H,1,3-4,7H2. The van der Waals surface area contributed by atoms with Gasteiger partial charge in [0.2, 0.25) is 5.91 Å². The van der Waals surface area contributed by atoms with Crippen LogP contribution in [-0.4, -0.2) is 17.4 Å². The first kappa shape index (κ1) is 7.80. The van der Waals surface area contributed by atoms with Crippen molar-refractivity contribution in [3.63, 3.8) is 0 Å². The maximum Gasteiger partial charge on any atom is 0.240 e. The predicted molar refractivity (Wildman–Crippen MR) is 40.3 cm³/mol. The smallest absolute Gasteiger partial charge is 0.240 e. The highest BCUT2D eigenvalue weighted by Crippen LogP contribution is 2.06. The second kappa shape index (κ2) is 3.77. The Morgan fingerprint density at radius 2 is 2.55 bits per heavy atom. The average Bonchev–Trinajstić information content (AvgIpc) is 2.07. The number of hydrogen-bond donors (Lipinski definition) is 0. The van der Waals surface area contributed by atoms with E-state index in [-0.39, 0.29) is 12.3 Å². The fourth-order valence-corrected chi connectivity index (χ4v) is 1.03. The van der Waals surface area contributed by atoms with Crippen molar-refractivity contribution in [1.82, 2.24) is 4.90 Å². The van der Waals surface area contributed by atoms with Gasteiger partial charge in [-0.3, -0.25) is 4.79 Å². The molecule has 3 nitrogen and oxygen atoms in total. The van der Waals surface area contributed by atoms with Crippen molar-refractivity contribution in [2.24, 2.45) is 0 Å². The van der Waals surface area contributed by atoms with Gasteiger partial charge in [0.15, 0.2) is 0 Å². The van der Waals surface area contributed by atoms with E-state index in [0.29, 0.717) is 0 Å². The lowest BCUT2D eigenvalue weighted by molar-refractivity contribution is -0.127. The third kappa shape index (κ3) is 2.08. The van der Waals surface area contributed by atoms with Gasteiger partial charge >= 0.3 is 0 Å². The number of amides is 1. The summed E-state index contributed by atoms with van der Waals surface area (Å²) < 4.78 is 0. The zero-order valence-electron chi connectivity index (χ0n) is 6.29. The highest BCUT2D eigenvalue weighted by molar-refractivity contribution is 5.79. The molecule has 1 heterocycles. The summed E-state index contributed by atoms with van der Waals surface area (Å²) in [4.78, 5) is 12.7. The SMILES string of the molecule is N#CCC(=O)N1C=CCCC1. The lowest BCUT2D eigenvalue weighted by atomic mass is 10.2. The van der Waals surface area contributed by atoms with Crippen LogP contribution in [0.15, 0.2) is 12.3 Å². The van der Waals surface area contributed by atoms with E-state index in [1.807, 2.05) is 12.1 Å². The molecule has 0 aromatic rings. The fourth-order valence-electron chi connectivity index (χ4n) is 1.03. The summed E-state index contributed by atoms with van der Waals surface area (Å²) in [6.45, 7) is 0.761. The van der Waals surface area contributed by atoms with Crippen molar-refractivity contribution < 1.29 is 4.79 Å². The highest BCUT2D eigenvalue weighted by Gasteiger charge is 2.11. The van der Waals surface area contributed by atoms with Crippen LogP contribution in [0.1, 0.15) is 19.3 Å². The van der Waals surface area contributed by atoms with E-state index in [2.05, 4.69) is 0 Å². The molecule has 58 valence electrons. The summed E-state index contributed by atoms with van der Waals surface area (Å²) in [5.74, 6) is -0.0940. The molecule has 0 aliphatic carbocycles. The van der Waals surface area contributed by atoms with E-state index < -0.39 is 0 Å². The molecule has 0 saturated carbocycles. The molecule has 0 unspecified atom stereocenters. The maximum absolute atomic E-state index is 11.1. The van der Waals surface area contributed by atoms with Gasteiger partial charge < -0.3 is 4.90 Å². The summed E-state index contributed by atoms with van der Waals surface area (Å²) >= 11 is 0. The number of nitriles is 1. The maximum atomic E-state index is 11.1. The summed E-state index contributed by atoms with van der Waals surface area (Å²) in [6.07, 6.45) is 5.76. The van der Waals surface area contributed by atoms with Gasteiger partial charge in [0.25, 0.3) is 0 Å². The molecule has 1 rings (SSSR count). The van der Waals surface area contributed by atoms with Gasteiger partial charge in [0.1, 0.15) is 6.42 Å². The number of carbonyl (C=O) groups excluding carboxylic acids is 1. The molecule has 0 fully saturated rings. The Morgan fingerprint density at radius 3 is 3.09 bits per heavy atom. The van der Waals surface area contributed by atoms with Crippen LogP contribution >= 0.6 is 0 Å². The number of hydrogen-bond acceptors (Lipinski definition) is 2. The molecule has 0 spiro atoms. The Bertz CT molecular complexity index is 215. The molecular weight excluding hydrogens is 140 g/mol. The molecule has 0 saturated heterocycles. The first-order valence-electron chi connectivity index (χ1n) is 3.67. The van der Waals surface area contributed by atoms with Gasteiger partial charge in [0, 0.05) is 12.7 Å². The lowest BCUT2D eigenvalue weighted by Gasteiger charge is -2.19. The van der Waals surface area contributed by atoms with Crippen molar-refractivity contribution in [1.29, 1.82) is 5.26 Å². The van der Waals surface area contributed by atoms with Crippen molar-refractivity contribution in [3.8, 4) is 6.07 Å². The summed E-state index contributed by atoms with van der Waals surface area (Å²) in [6, 6.07) is 1.84. The Labute approximate surface area is 65.9 Å². The second-order valence-electron chi connectivity index (χ2n) is 2.45. The predicted octanol–water partition coefficient (Wildman–Crippen LogP) is 1.04. The molecule has 3 heteroatoms. The highest BCUT2D eigenvalue weighted by atomic mass is 16.2. The molecule has 1 amide bonds. The van der Waals surface area contributed by atoms with Gasteiger partial charge in [-0.25, -0.2) is 0 Å². The van der Waals surface area contributed by atoms with Crippen LogP contribution in [0.2, 0.25) is 0 Å². The molecule has 0 bridgehead atoms. The fraction of sp³-hybridized carbons (Fsp3) is 0.500. The van der Waals surface area contributed by atoms with Gasteiger partial charge in [-0.1, -0.05) is 6.08 Å². The third-order valence-electron chi connectivity index (χ3n) is 1.61. The van der Waals surface area contributed by atoms with Crippen LogP contribution in [0.4, 0.5) is 0 Å². The van der Waals surface area contributed by atoms with E-state index in [9.17, 15) is 4.79 Å². The number of nitrogens with zero attached hydrogens (tertiary/aromatic N) is 2. The minimum absolute atomic E-state index is 0.00958. The number of rotatable bonds is 1. The van der Waals surface area contributed by atoms with Crippen molar-refractivity contribution in [2.45, 2.75) is 19.3 Å². The Kier molecular flexibility index (Phi) is 2.67. The van der Waals surface area contributed by atoms with Crippen molar-refractivity contribution >= 4 is 5.91 Å². The van der Waals surface area contributed by atoms with Crippen LogP contribution < -0.4 is 0 Å². The van der Waals surface area contributed by atoms with Gasteiger partial charge in [-0.2, -0.15) is 5.26 Å². The topological polar surface area (TPSA) is 44.1 Å². The second-order valence-corrected chi connectivity index (χ2v) is 2.45. The zero-order chi connectivity index (χ0) is 8.10. The van der Waals surface area contributed by atoms with Crippen LogP contribution in [0.25, 0.3) is 0 Å². The Balaban J connectivity index is 2.47. The molecule has 1 aliphatic rings. The summed E-state index contributed by atoms with van der Waals surface area (Å²) in [5, 5.41) is 8.25. The van der Waals surface area contributed by atoms with E-state index in [4.69, 9.17) is 5.26 Å². The van der Waals surface area contributed by atoms with Gasteiger partial charge in [-0.05, 0) is 12.8 Å². The van der Waals surface area contributed by atoms with E-state index in [0.717, 1.165) is 19.4 Å². The number of carbonyl (C=O) groups is 1. The monoisotopic (exact) mass is 150 g/mol. The summed E-state index contributed by atoms with van der Waals surface area (Å²) in [5.41, 5.74) is 0. The van der Waals surface area contributed by atoms with Crippen LogP contribution in [0, 0.1) is 11.3 Å². The lowest BCUT2D eigenvalue weighted by Crippen LogP contribution is -2.27. The third-order valence-corrected chi connectivity index (χ3v) is 1.61. The minimum Gasteiger partial charge on any atom is -0.319 e. The minimum atomic E-state index is -0.0940. The molecule has 0 aromatic heterocycles. The quantitative estimate of drug-likeness (QED) is 0.560. The van der Waals surface area contributed by atoms with E-state index in [1.165, 1.54) is 0 Å². The van der Waals surface area contributed by atoms with Crippen LogP contribution in [0.3, 0.4) is 0 Å². The molecule has 1 aliphatic heterocycles. The van der Waals surface area contributed by atoms with Crippen molar-refractivity contribution in [3.05, 3.63) is 12.3 Å². The van der Waals surface area contributed by atoms with Gasteiger partial charge in [0.05, 0.1) is 6.07 Å². The first-order valence-corrected chi connectivity index (χ1v) is 3.67. The van der Waals surface area contributed by atoms with Crippen molar-refractivity contribution in [2.75, 3.05) is 6.54 Å². The summed E-state index contributed by atoms with van der Waals surface area (Å²) in [7, 11) is 0. The van der Waals surface area contributed by atoms with Gasteiger partial charge in [-0.15, -0.1) is 0 Å². The molecule has 0 atom stereocenters. The molecule has 0 aromatic carbocycles. The zero-order valence-corrected chi connectivity index (χ0v) is 6.29. The molecule has 0 N–H and O–H groups in total. The Morgan fingerprint density at radius 1 is 1.73 bits per heavy atom. The van der Waals surface area contributed by atoms with E-state index in [1.54, 1.807) is 11.1 Å².